The Morgan fingerprint density at radius 2 is 2.44 bits per heavy atom. The number of carbonyl (C=O) groups excluding carboxylic acids is 2. The molecule has 0 aromatic heterocycles. The number of carbonyl (C=O) groups is 2. The number of allylic oxidation sites excluding steroid dienone is 1. The first-order valence-electron chi connectivity index (χ1n) is 4.98. The first-order chi connectivity index (χ1) is 7.55. The van der Waals surface area contributed by atoms with Crippen LogP contribution < -0.4 is 0 Å². The minimum Gasteiger partial charge on any atom is -0.460 e. The number of esters is 1. The summed E-state index contributed by atoms with van der Waals surface area (Å²) < 4.78 is 10.8. The van der Waals surface area contributed by atoms with Gasteiger partial charge in [0, 0.05) is 17.9 Å². The van der Waals surface area contributed by atoms with E-state index in [1.807, 2.05) is 6.92 Å². The average molecular weight is 248 g/mol. The summed E-state index contributed by atoms with van der Waals surface area (Å²) in [4.78, 5) is 22.3. The lowest BCUT2D eigenvalue weighted by atomic mass is 10.00. The molecule has 0 N–H and O–H groups in total. The monoisotopic (exact) mass is 247 g/mol. The van der Waals surface area contributed by atoms with Crippen molar-refractivity contribution in [2.24, 2.45) is 0 Å². The van der Waals surface area contributed by atoms with E-state index in [4.69, 9.17) is 21.3 Å². The summed E-state index contributed by atoms with van der Waals surface area (Å²) in [5, 5.41) is 0. The molecule has 0 radical (unpaired) electrons. The Kier molecular flexibility index (Phi) is 4.18. The highest BCUT2D eigenvalue weighted by molar-refractivity contribution is 6.21. The molecule has 90 valence electrons. The molecule has 16 heavy (non-hydrogen) atoms. The Morgan fingerprint density at radius 1 is 1.75 bits per heavy atom. The molecule has 1 atom stereocenters. The van der Waals surface area contributed by atoms with Crippen molar-refractivity contribution in [3.63, 3.8) is 0 Å². The van der Waals surface area contributed by atoms with Crippen LogP contribution in [0.15, 0.2) is 12.2 Å². The van der Waals surface area contributed by atoms with Gasteiger partial charge in [0.25, 0.3) is 0 Å². The van der Waals surface area contributed by atoms with Crippen molar-refractivity contribution >= 4 is 23.8 Å². The topological polar surface area (TPSA) is 55.8 Å². The number of cyclic esters (lactones) is 1. The maximum atomic E-state index is 11.1. The summed E-state index contributed by atoms with van der Waals surface area (Å²) in [6, 6.07) is 0. The molecule has 1 amide bonds. The summed E-state index contributed by atoms with van der Waals surface area (Å²) in [7, 11) is 0. The molecule has 0 spiro atoms. The van der Waals surface area contributed by atoms with Gasteiger partial charge < -0.3 is 9.47 Å². The van der Waals surface area contributed by atoms with Crippen LogP contribution in [0, 0.1) is 0 Å². The highest BCUT2D eigenvalue weighted by atomic mass is 35.5. The largest absolute Gasteiger partial charge is 0.460 e. The smallest absolute Gasteiger partial charge is 0.425 e. The first kappa shape index (κ1) is 12.8. The number of hydrogen-bond donors (Lipinski definition) is 0. The Bertz CT molecular complexity index is 318. The summed E-state index contributed by atoms with van der Waals surface area (Å²) in [5.74, 6) is -0.459. The van der Waals surface area contributed by atoms with Gasteiger partial charge in [-0.25, -0.2) is 14.0 Å². The SMILES string of the molecule is C/C=C\C(=O)OCC1(CC)COC(=O)N1Cl. The van der Waals surface area contributed by atoms with E-state index < -0.39 is 17.6 Å². The van der Waals surface area contributed by atoms with Crippen molar-refractivity contribution in [2.45, 2.75) is 25.8 Å². The van der Waals surface area contributed by atoms with E-state index in [1.165, 1.54) is 6.08 Å². The lowest BCUT2D eigenvalue weighted by molar-refractivity contribution is -0.140. The third kappa shape index (κ3) is 2.47. The Morgan fingerprint density at radius 3 is 2.88 bits per heavy atom. The molecule has 0 aromatic rings. The Labute approximate surface area is 99.1 Å². The van der Waals surface area contributed by atoms with Gasteiger partial charge in [-0.05, 0) is 13.3 Å². The van der Waals surface area contributed by atoms with E-state index in [2.05, 4.69) is 0 Å². The highest BCUT2D eigenvalue weighted by Gasteiger charge is 2.47. The maximum absolute atomic E-state index is 11.1. The van der Waals surface area contributed by atoms with Gasteiger partial charge in [-0.15, -0.1) is 0 Å². The second-order valence-corrected chi connectivity index (χ2v) is 3.86. The fraction of sp³-hybridized carbons (Fsp3) is 0.600. The second-order valence-electron chi connectivity index (χ2n) is 3.52. The van der Waals surface area contributed by atoms with Crippen LogP contribution in [0.3, 0.4) is 0 Å². The molecular weight excluding hydrogens is 234 g/mol. The zero-order chi connectivity index (χ0) is 12.2. The minimum atomic E-state index is -0.754. The fourth-order valence-electron chi connectivity index (χ4n) is 1.33. The van der Waals surface area contributed by atoms with Crippen LogP contribution >= 0.6 is 11.8 Å². The molecule has 1 aliphatic rings. The molecule has 6 heteroatoms. The highest BCUT2D eigenvalue weighted by Crippen LogP contribution is 2.30. The average Bonchev–Trinajstić information content (AvgIpc) is 2.55. The molecule has 1 saturated heterocycles. The molecule has 1 unspecified atom stereocenters. The van der Waals surface area contributed by atoms with E-state index in [0.717, 1.165) is 4.42 Å². The van der Waals surface area contributed by atoms with Crippen LogP contribution in [0.25, 0.3) is 0 Å². The molecular formula is C10H14ClNO4. The summed E-state index contributed by atoms with van der Waals surface area (Å²) >= 11 is 5.80. The second kappa shape index (κ2) is 5.21. The standard InChI is InChI=1S/C10H14ClNO4/c1-3-5-8(13)15-6-10(4-2)7-16-9(14)12(10)11/h3,5H,4,6-7H2,1-2H3/b5-3-. The van der Waals surface area contributed by atoms with Gasteiger partial charge >= 0.3 is 12.1 Å². The zero-order valence-electron chi connectivity index (χ0n) is 9.23. The minimum absolute atomic E-state index is 0.0297. The molecule has 1 fully saturated rings. The quantitative estimate of drug-likeness (QED) is 0.432. The van der Waals surface area contributed by atoms with Crippen molar-refractivity contribution < 1.29 is 19.1 Å². The van der Waals surface area contributed by atoms with E-state index in [1.54, 1.807) is 13.0 Å². The fourth-order valence-corrected chi connectivity index (χ4v) is 1.60. The maximum Gasteiger partial charge on any atom is 0.425 e. The van der Waals surface area contributed by atoms with Crippen LogP contribution in [0.2, 0.25) is 0 Å². The molecule has 0 aliphatic carbocycles. The Hall–Kier alpha value is -1.23. The van der Waals surface area contributed by atoms with Gasteiger partial charge in [0.15, 0.2) is 0 Å². The molecule has 0 saturated carbocycles. The number of amides is 1. The number of nitrogens with zero attached hydrogens (tertiary/aromatic N) is 1. The normalized spacial score (nSPS) is 24.9. The Balaban J connectivity index is 2.62. The third-order valence-electron chi connectivity index (χ3n) is 2.49. The molecule has 1 rings (SSSR count). The van der Waals surface area contributed by atoms with Gasteiger partial charge in [0.05, 0.1) is 0 Å². The number of halogens is 1. The van der Waals surface area contributed by atoms with E-state index >= 15 is 0 Å². The summed E-state index contributed by atoms with van der Waals surface area (Å²) in [6.07, 6.45) is 2.83. The molecule has 5 nitrogen and oxygen atoms in total. The molecule has 1 aliphatic heterocycles. The van der Waals surface area contributed by atoms with Crippen LogP contribution in [0.4, 0.5) is 4.79 Å². The summed E-state index contributed by atoms with van der Waals surface area (Å²) in [6.45, 7) is 3.73. The van der Waals surface area contributed by atoms with Gasteiger partial charge in [0.1, 0.15) is 18.8 Å². The van der Waals surface area contributed by atoms with Crippen LogP contribution in [-0.4, -0.2) is 35.2 Å². The van der Waals surface area contributed by atoms with Crippen LogP contribution in [0.5, 0.6) is 0 Å². The van der Waals surface area contributed by atoms with Crippen molar-refractivity contribution in [3.8, 4) is 0 Å². The lowest BCUT2D eigenvalue weighted by Gasteiger charge is -2.28. The number of ether oxygens (including phenoxy) is 2. The van der Waals surface area contributed by atoms with Crippen molar-refractivity contribution in [1.29, 1.82) is 0 Å². The van der Waals surface area contributed by atoms with Crippen molar-refractivity contribution in [1.82, 2.24) is 4.42 Å². The molecule has 0 aromatic carbocycles. The van der Waals surface area contributed by atoms with Gasteiger partial charge in [0.2, 0.25) is 0 Å². The van der Waals surface area contributed by atoms with E-state index in [0.29, 0.717) is 6.42 Å². The molecule has 1 heterocycles. The van der Waals surface area contributed by atoms with E-state index in [-0.39, 0.29) is 13.2 Å². The van der Waals surface area contributed by atoms with Crippen LogP contribution in [-0.2, 0) is 14.3 Å². The molecule has 0 bridgehead atoms. The van der Waals surface area contributed by atoms with Gasteiger partial charge in [-0.1, -0.05) is 13.0 Å². The third-order valence-corrected chi connectivity index (χ3v) is 2.98. The van der Waals surface area contributed by atoms with Crippen molar-refractivity contribution in [2.75, 3.05) is 13.2 Å². The predicted octanol–water partition coefficient (Wildman–Crippen LogP) is 1.86. The lowest BCUT2D eigenvalue weighted by Crippen LogP contribution is -2.46. The zero-order valence-corrected chi connectivity index (χ0v) is 9.99. The van der Waals surface area contributed by atoms with Crippen LogP contribution in [0.1, 0.15) is 20.3 Å². The summed E-state index contributed by atoms with van der Waals surface area (Å²) in [5.41, 5.74) is -0.754. The van der Waals surface area contributed by atoms with Crippen molar-refractivity contribution in [3.05, 3.63) is 12.2 Å². The first-order valence-corrected chi connectivity index (χ1v) is 5.32. The number of hydrogen-bond acceptors (Lipinski definition) is 4. The predicted molar refractivity (Wildman–Crippen MR) is 57.8 cm³/mol. The number of rotatable bonds is 4. The van der Waals surface area contributed by atoms with E-state index in [9.17, 15) is 9.59 Å². The van der Waals surface area contributed by atoms with Gasteiger partial charge in [-0.2, -0.15) is 0 Å². The van der Waals surface area contributed by atoms with Gasteiger partial charge in [-0.3, -0.25) is 0 Å².